The van der Waals surface area contributed by atoms with Gasteiger partial charge in [0.15, 0.2) is 0 Å². The number of hydrogen-bond acceptors (Lipinski definition) is 2. The largest absolute Gasteiger partial charge is 0.366 e. The Bertz CT molecular complexity index is 305. The van der Waals surface area contributed by atoms with Crippen molar-refractivity contribution in [2.75, 3.05) is 0 Å². The van der Waals surface area contributed by atoms with E-state index in [2.05, 4.69) is 4.98 Å². The van der Waals surface area contributed by atoms with Crippen molar-refractivity contribution in [1.29, 1.82) is 0 Å². The molecule has 0 unspecified atom stereocenters. The zero-order valence-corrected chi connectivity index (χ0v) is 6.20. The van der Waals surface area contributed by atoms with E-state index in [0.29, 0.717) is 5.56 Å². The molecule has 4 heteroatoms. The van der Waals surface area contributed by atoms with Gasteiger partial charge < -0.3 is 5.73 Å². The third kappa shape index (κ3) is 2.49. The molecule has 1 aromatic rings. The van der Waals surface area contributed by atoms with Gasteiger partial charge in [-0.1, -0.05) is 0 Å². The third-order valence-corrected chi connectivity index (χ3v) is 1.19. The fourth-order valence-electron chi connectivity index (χ4n) is 0.664. The van der Waals surface area contributed by atoms with Crippen molar-refractivity contribution in [1.82, 2.24) is 4.98 Å². The molecule has 1 aromatic heterocycles. The van der Waals surface area contributed by atoms with Crippen LogP contribution in [0.15, 0.2) is 24.4 Å². The summed E-state index contributed by atoms with van der Waals surface area (Å²) < 4.78 is 12.3. The monoisotopic (exact) mass is 166 g/mol. The zero-order valence-electron chi connectivity index (χ0n) is 6.20. The lowest BCUT2D eigenvalue weighted by Crippen LogP contribution is -2.05. The molecule has 2 N–H and O–H groups in total. The molecule has 1 heterocycles. The van der Waals surface area contributed by atoms with E-state index >= 15 is 0 Å². The summed E-state index contributed by atoms with van der Waals surface area (Å²) >= 11 is 0. The number of nitrogens with two attached hydrogens (primary N) is 1. The Morgan fingerprint density at radius 1 is 1.58 bits per heavy atom. The van der Waals surface area contributed by atoms with Crippen molar-refractivity contribution in [3.05, 3.63) is 35.9 Å². The fourth-order valence-corrected chi connectivity index (χ4v) is 0.664. The quantitative estimate of drug-likeness (QED) is 0.519. The highest BCUT2D eigenvalue weighted by molar-refractivity contribution is 5.90. The van der Waals surface area contributed by atoms with Crippen LogP contribution in [-0.4, -0.2) is 10.9 Å². The fraction of sp³-hybridized carbons (Fsp3) is 0. The van der Waals surface area contributed by atoms with Gasteiger partial charge in [-0.25, -0.2) is 4.98 Å². The molecule has 0 aliphatic carbocycles. The third-order valence-electron chi connectivity index (χ3n) is 1.19. The van der Waals surface area contributed by atoms with Gasteiger partial charge >= 0.3 is 0 Å². The maximum Gasteiger partial charge on any atom is 0.241 e. The summed E-state index contributed by atoms with van der Waals surface area (Å²) in [4.78, 5) is 13.7. The van der Waals surface area contributed by atoms with Crippen LogP contribution in [0.1, 0.15) is 5.56 Å². The van der Waals surface area contributed by atoms with Crippen molar-refractivity contribution in [3.8, 4) is 0 Å². The summed E-state index contributed by atoms with van der Waals surface area (Å²) in [5, 5.41) is 0. The first-order chi connectivity index (χ1) is 5.68. The predicted octanol–water partition coefficient (Wildman–Crippen LogP) is 0.719. The maximum atomic E-state index is 12.3. The summed E-state index contributed by atoms with van der Waals surface area (Å²) in [7, 11) is 0. The molecule has 62 valence electrons. The Balaban J connectivity index is 2.77. The molecule has 3 nitrogen and oxygen atoms in total. The SMILES string of the molecule is NC(=O)/C=C\c1ccc(F)nc1. The van der Waals surface area contributed by atoms with Crippen molar-refractivity contribution in [2.24, 2.45) is 5.73 Å². The van der Waals surface area contributed by atoms with E-state index in [1.165, 1.54) is 30.5 Å². The lowest BCUT2D eigenvalue weighted by atomic mass is 10.2. The topological polar surface area (TPSA) is 56.0 Å². The van der Waals surface area contributed by atoms with Crippen molar-refractivity contribution >= 4 is 12.0 Å². The highest BCUT2D eigenvalue weighted by Crippen LogP contribution is 2.00. The van der Waals surface area contributed by atoms with Crippen molar-refractivity contribution < 1.29 is 9.18 Å². The number of aromatic nitrogens is 1. The van der Waals surface area contributed by atoms with E-state index in [-0.39, 0.29) is 0 Å². The number of rotatable bonds is 2. The molecular formula is C8H7FN2O. The standard InChI is InChI=1S/C8H7FN2O/c9-7-3-1-6(5-11-7)2-4-8(10)12/h1-5H,(H2,10,12)/b4-2-. The summed E-state index contributed by atoms with van der Waals surface area (Å²) in [5.41, 5.74) is 5.48. The molecular weight excluding hydrogens is 159 g/mol. The second-order valence-electron chi connectivity index (χ2n) is 2.15. The van der Waals surface area contributed by atoms with Crippen LogP contribution in [0.4, 0.5) is 4.39 Å². The molecule has 0 radical (unpaired) electrons. The van der Waals surface area contributed by atoms with Gasteiger partial charge in [-0.3, -0.25) is 4.79 Å². The average molecular weight is 166 g/mol. The summed E-state index contributed by atoms with van der Waals surface area (Å²) in [5.74, 6) is -1.09. The molecule has 1 rings (SSSR count). The normalized spacial score (nSPS) is 10.4. The number of halogens is 1. The molecule has 0 aromatic carbocycles. The Hall–Kier alpha value is -1.71. The molecule has 0 saturated carbocycles. The first-order valence-electron chi connectivity index (χ1n) is 3.27. The summed E-state index contributed by atoms with van der Waals surface area (Å²) in [6.07, 6.45) is 3.97. The van der Waals surface area contributed by atoms with Crippen LogP contribution in [0.3, 0.4) is 0 Å². The Kier molecular flexibility index (Phi) is 2.53. The minimum Gasteiger partial charge on any atom is -0.366 e. The van der Waals surface area contributed by atoms with Crippen molar-refractivity contribution in [2.45, 2.75) is 0 Å². The van der Waals surface area contributed by atoms with Gasteiger partial charge in [-0.2, -0.15) is 4.39 Å². The highest BCUT2D eigenvalue weighted by atomic mass is 19.1. The zero-order chi connectivity index (χ0) is 8.97. The van der Waals surface area contributed by atoms with Gasteiger partial charge in [0.05, 0.1) is 0 Å². The van der Waals surface area contributed by atoms with E-state index in [1.807, 2.05) is 0 Å². The minimum atomic E-state index is -0.550. The van der Waals surface area contributed by atoms with Gasteiger partial charge in [0, 0.05) is 12.3 Å². The van der Waals surface area contributed by atoms with Gasteiger partial charge in [0.1, 0.15) is 0 Å². The highest BCUT2D eigenvalue weighted by Gasteiger charge is 1.90. The average Bonchev–Trinajstić information content (AvgIpc) is 2.03. The Morgan fingerprint density at radius 3 is 2.83 bits per heavy atom. The van der Waals surface area contributed by atoms with Gasteiger partial charge in [0.2, 0.25) is 11.9 Å². The molecule has 12 heavy (non-hydrogen) atoms. The molecule has 1 amide bonds. The van der Waals surface area contributed by atoms with Crippen molar-refractivity contribution in [3.63, 3.8) is 0 Å². The summed E-state index contributed by atoms with van der Waals surface area (Å²) in [6.45, 7) is 0. The van der Waals surface area contributed by atoms with Crippen LogP contribution in [0.25, 0.3) is 6.08 Å². The van der Waals surface area contributed by atoms with E-state index in [4.69, 9.17) is 5.73 Å². The van der Waals surface area contributed by atoms with E-state index in [1.54, 1.807) is 0 Å². The first kappa shape index (κ1) is 8.39. The Labute approximate surface area is 68.7 Å². The number of nitrogens with zero attached hydrogens (tertiary/aromatic N) is 1. The number of carbonyl (C=O) groups excluding carboxylic acids is 1. The number of pyridine rings is 1. The molecule has 0 aliphatic rings. The smallest absolute Gasteiger partial charge is 0.241 e. The van der Waals surface area contributed by atoms with Gasteiger partial charge in [-0.05, 0) is 23.8 Å². The predicted molar refractivity (Wildman–Crippen MR) is 42.4 cm³/mol. The van der Waals surface area contributed by atoms with Crippen LogP contribution in [0, 0.1) is 5.95 Å². The molecule has 0 bridgehead atoms. The summed E-state index contributed by atoms with van der Waals surface area (Å²) in [6, 6.07) is 2.71. The van der Waals surface area contributed by atoms with Crippen LogP contribution < -0.4 is 5.73 Å². The maximum absolute atomic E-state index is 12.3. The molecule has 0 saturated heterocycles. The second kappa shape index (κ2) is 3.61. The van der Waals surface area contributed by atoms with E-state index < -0.39 is 11.9 Å². The number of amides is 1. The second-order valence-corrected chi connectivity index (χ2v) is 2.15. The minimum absolute atomic E-state index is 0.542. The number of primary amides is 1. The van der Waals surface area contributed by atoms with Gasteiger partial charge in [-0.15, -0.1) is 0 Å². The molecule has 0 aliphatic heterocycles. The van der Waals surface area contributed by atoms with E-state index in [9.17, 15) is 9.18 Å². The molecule has 0 spiro atoms. The first-order valence-corrected chi connectivity index (χ1v) is 3.27. The number of carbonyl (C=O) groups is 1. The van der Waals surface area contributed by atoms with Gasteiger partial charge in [0.25, 0.3) is 0 Å². The van der Waals surface area contributed by atoms with E-state index in [0.717, 1.165) is 0 Å². The molecule has 0 fully saturated rings. The van der Waals surface area contributed by atoms with Crippen LogP contribution in [0.5, 0.6) is 0 Å². The van der Waals surface area contributed by atoms with Crippen LogP contribution in [0.2, 0.25) is 0 Å². The Morgan fingerprint density at radius 2 is 2.33 bits per heavy atom. The lowest BCUT2D eigenvalue weighted by molar-refractivity contribution is -0.113. The lowest BCUT2D eigenvalue weighted by Gasteiger charge is -1.90. The molecule has 0 atom stereocenters. The number of hydrogen-bond donors (Lipinski definition) is 1. The van der Waals surface area contributed by atoms with Crippen LogP contribution in [-0.2, 0) is 4.79 Å². The van der Waals surface area contributed by atoms with Crippen LogP contribution >= 0.6 is 0 Å².